The lowest BCUT2D eigenvalue weighted by Crippen LogP contribution is -2.45. The van der Waals surface area contributed by atoms with Gasteiger partial charge in [-0.3, -0.25) is 0 Å². The lowest BCUT2D eigenvalue weighted by atomic mass is 9.93. The smallest absolute Gasteiger partial charge is 0.244 e. The summed E-state index contributed by atoms with van der Waals surface area (Å²) in [5.74, 6) is 0.202. The lowest BCUT2D eigenvalue weighted by molar-refractivity contribution is 0.243. The summed E-state index contributed by atoms with van der Waals surface area (Å²) in [6.07, 6.45) is 1.80. The van der Waals surface area contributed by atoms with Crippen molar-refractivity contribution in [3.63, 3.8) is 0 Å². The number of nitrogens with two attached hydrogens (primary N) is 1. The van der Waals surface area contributed by atoms with Crippen LogP contribution >= 0.6 is 27.5 Å². The summed E-state index contributed by atoms with van der Waals surface area (Å²) in [6.45, 7) is 2.91. The quantitative estimate of drug-likeness (QED) is 0.875. The van der Waals surface area contributed by atoms with Crippen molar-refractivity contribution in [2.24, 2.45) is 11.7 Å². The molecule has 7 heteroatoms. The molecule has 1 aliphatic heterocycles. The number of halogens is 2. The average Bonchev–Trinajstić information content (AvgIpc) is 2.38. The predicted molar refractivity (Wildman–Crippen MR) is 84.3 cm³/mol. The topological polar surface area (TPSA) is 63.4 Å². The fourth-order valence-corrected chi connectivity index (χ4v) is 4.99. The summed E-state index contributed by atoms with van der Waals surface area (Å²) in [4.78, 5) is 0.160. The van der Waals surface area contributed by atoms with E-state index in [1.54, 1.807) is 12.1 Å². The Hall–Kier alpha value is -0.140. The van der Waals surface area contributed by atoms with Crippen LogP contribution in [0.5, 0.6) is 0 Å². The zero-order valence-electron chi connectivity index (χ0n) is 11.2. The predicted octanol–water partition coefficient (Wildman–Crippen LogP) is 2.85. The van der Waals surface area contributed by atoms with E-state index in [1.165, 1.54) is 10.4 Å². The summed E-state index contributed by atoms with van der Waals surface area (Å²) in [5, 5.41) is 0.238. The number of benzene rings is 1. The standard InChI is InChI=1S/C13H18BrClN2O2S/c1-9(16)10-3-2-6-17(8-10)20(18,19)13-5-4-11(14)7-12(13)15/h4-5,7,9-10H,2-3,6,8,16H2,1H3/t9-,10-/m0/s1. The van der Waals surface area contributed by atoms with Crippen LogP contribution in [0.15, 0.2) is 27.6 Å². The molecule has 1 aliphatic rings. The van der Waals surface area contributed by atoms with Gasteiger partial charge < -0.3 is 5.73 Å². The van der Waals surface area contributed by atoms with E-state index >= 15 is 0 Å². The summed E-state index contributed by atoms with van der Waals surface area (Å²) in [5.41, 5.74) is 5.91. The highest BCUT2D eigenvalue weighted by Crippen LogP contribution is 2.30. The number of sulfonamides is 1. The summed E-state index contributed by atoms with van der Waals surface area (Å²) in [7, 11) is -3.55. The molecule has 0 bridgehead atoms. The van der Waals surface area contributed by atoms with E-state index in [-0.39, 0.29) is 21.9 Å². The molecule has 1 heterocycles. The minimum Gasteiger partial charge on any atom is -0.328 e. The van der Waals surface area contributed by atoms with E-state index in [0.29, 0.717) is 13.1 Å². The number of rotatable bonds is 3. The fourth-order valence-electron chi connectivity index (χ4n) is 2.44. The highest BCUT2D eigenvalue weighted by molar-refractivity contribution is 9.10. The third-order valence-corrected chi connectivity index (χ3v) is 6.52. The van der Waals surface area contributed by atoms with Crippen LogP contribution in [0, 0.1) is 5.92 Å². The number of hydrogen-bond donors (Lipinski definition) is 1. The maximum Gasteiger partial charge on any atom is 0.244 e. The summed E-state index contributed by atoms with van der Waals surface area (Å²) >= 11 is 9.35. The van der Waals surface area contributed by atoms with Gasteiger partial charge in [-0.25, -0.2) is 8.42 Å². The molecule has 0 saturated carbocycles. The molecule has 0 radical (unpaired) electrons. The Morgan fingerprint density at radius 2 is 2.20 bits per heavy atom. The Morgan fingerprint density at radius 3 is 2.80 bits per heavy atom. The maximum atomic E-state index is 12.7. The zero-order chi connectivity index (χ0) is 14.9. The van der Waals surface area contributed by atoms with Crippen molar-refractivity contribution in [3.05, 3.63) is 27.7 Å². The first-order valence-corrected chi connectivity index (χ1v) is 9.14. The van der Waals surface area contributed by atoms with E-state index in [9.17, 15) is 8.42 Å². The van der Waals surface area contributed by atoms with E-state index in [2.05, 4.69) is 15.9 Å². The molecular weight excluding hydrogens is 364 g/mol. The Morgan fingerprint density at radius 1 is 1.50 bits per heavy atom. The van der Waals surface area contributed by atoms with Gasteiger partial charge in [0.2, 0.25) is 10.0 Å². The Balaban J connectivity index is 2.30. The van der Waals surface area contributed by atoms with Crippen LogP contribution in [0.1, 0.15) is 19.8 Å². The molecule has 1 saturated heterocycles. The van der Waals surface area contributed by atoms with E-state index in [1.807, 2.05) is 6.92 Å². The van der Waals surface area contributed by atoms with Gasteiger partial charge in [-0.05, 0) is 43.9 Å². The van der Waals surface area contributed by atoms with Gasteiger partial charge in [0.05, 0.1) is 5.02 Å². The number of nitrogens with zero attached hydrogens (tertiary/aromatic N) is 1. The SMILES string of the molecule is C[C@H](N)[C@H]1CCCN(S(=O)(=O)c2ccc(Br)cc2Cl)C1. The third-order valence-electron chi connectivity index (χ3n) is 3.68. The molecule has 0 aliphatic carbocycles. The normalized spacial score (nSPS) is 22.7. The fraction of sp³-hybridized carbons (Fsp3) is 0.538. The molecule has 1 fully saturated rings. The van der Waals surface area contributed by atoms with Crippen LogP contribution in [-0.4, -0.2) is 31.9 Å². The molecule has 4 nitrogen and oxygen atoms in total. The van der Waals surface area contributed by atoms with Crippen molar-refractivity contribution < 1.29 is 8.42 Å². The molecule has 20 heavy (non-hydrogen) atoms. The molecule has 0 amide bonds. The second-order valence-corrected chi connectivity index (χ2v) is 8.43. The van der Waals surface area contributed by atoms with Gasteiger partial charge in [-0.2, -0.15) is 4.31 Å². The van der Waals surface area contributed by atoms with Gasteiger partial charge in [0.25, 0.3) is 0 Å². The van der Waals surface area contributed by atoms with Gasteiger partial charge in [0, 0.05) is 23.6 Å². The van der Waals surface area contributed by atoms with Crippen LogP contribution in [0.4, 0.5) is 0 Å². The lowest BCUT2D eigenvalue weighted by Gasteiger charge is -2.33. The van der Waals surface area contributed by atoms with Gasteiger partial charge in [0.1, 0.15) is 4.90 Å². The molecular formula is C13H18BrClN2O2S. The number of hydrogen-bond acceptors (Lipinski definition) is 3. The first-order valence-electron chi connectivity index (χ1n) is 6.53. The molecule has 2 rings (SSSR count). The minimum atomic E-state index is -3.55. The molecule has 0 aromatic heterocycles. The second-order valence-electron chi connectivity index (χ2n) is 5.20. The second kappa shape index (κ2) is 6.32. The summed E-state index contributed by atoms with van der Waals surface area (Å²) in [6, 6.07) is 4.82. The van der Waals surface area contributed by atoms with E-state index < -0.39 is 10.0 Å². The van der Waals surface area contributed by atoms with Crippen molar-refractivity contribution in [1.82, 2.24) is 4.31 Å². The molecule has 2 atom stereocenters. The molecule has 112 valence electrons. The number of piperidine rings is 1. The monoisotopic (exact) mass is 380 g/mol. The van der Waals surface area contributed by atoms with Gasteiger partial charge in [-0.15, -0.1) is 0 Å². The van der Waals surface area contributed by atoms with Crippen molar-refractivity contribution in [3.8, 4) is 0 Å². The maximum absolute atomic E-state index is 12.7. The van der Waals surface area contributed by atoms with Crippen molar-refractivity contribution >= 4 is 37.6 Å². The van der Waals surface area contributed by atoms with Crippen LogP contribution in [0.3, 0.4) is 0 Å². The first kappa shape index (κ1) is 16.2. The first-order chi connectivity index (χ1) is 9.32. The average molecular weight is 382 g/mol. The van der Waals surface area contributed by atoms with Gasteiger partial charge in [-0.1, -0.05) is 27.5 Å². The van der Waals surface area contributed by atoms with Crippen molar-refractivity contribution in [2.45, 2.75) is 30.7 Å². The Kier molecular flexibility index (Phi) is 5.13. The molecule has 1 aromatic carbocycles. The molecule has 2 N–H and O–H groups in total. The zero-order valence-corrected chi connectivity index (χ0v) is 14.4. The largest absolute Gasteiger partial charge is 0.328 e. The molecule has 1 aromatic rings. The van der Waals surface area contributed by atoms with Crippen LogP contribution < -0.4 is 5.73 Å². The summed E-state index contributed by atoms with van der Waals surface area (Å²) < 4.78 is 27.6. The Labute approximate surface area is 133 Å². The van der Waals surface area contributed by atoms with Crippen LogP contribution in [0.2, 0.25) is 5.02 Å². The molecule has 0 spiro atoms. The third kappa shape index (κ3) is 3.36. The molecule has 0 unspecified atom stereocenters. The van der Waals surface area contributed by atoms with Gasteiger partial charge >= 0.3 is 0 Å². The van der Waals surface area contributed by atoms with Crippen molar-refractivity contribution in [1.29, 1.82) is 0 Å². The van der Waals surface area contributed by atoms with Crippen molar-refractivity contribution in [2.75, 3.05) is 13.1 Å². The Bertz CT molecular complexity index is 592. The van der Waals surface area contributed by atoms with Crippen LogP contribution in [0.25, 0.3) is 0 Å². The minimum absolute atomic E-state index is 0.00612. The van der Waals surface area contributed by atoms with E-state index in [4.69, 9.17) is 17.3 Å². The van der Waals surface area contributed by atoms with Gasteiger partial charge in [0.15, 0.2) is 0 Å². The highest BCUT2D eigenvalue weighted by Gasteiger charge is 2.32. The van der Waals surface area contributed by atoms with Crippen LogP contribution in [-0.2, 0) is 10.0 Å². The highest BCUT2D eigenvalue weighted by atomic mass is 79.9. The van der Waals surface area contributed by atoms with E-state index in [0.717, 1.165) is 17.3 Å².